The van der Waals surface area contributed by atoms with E-state index in [4.69, 9.17) is 5.73 Å². The summed E-state index contributed by atoms with van der Waals surface area (Å²) in [6.07, 6.45) is 1.93. The number of para-hydroxylation sites is 1. The third-order valence-corrected chi connectivity index (χ3v) is 3.93. The van der Waals surface area contributed by atoms with Crippen molar-refractivity contribution in [2.45, 2.75) is 6.42 Å². The van der Waals surface area contributed by atoms with Gasteiger partial charge in [0.2, 0.25) is 5.91 Å². The lowest BCUT2D eigenvalue weighted by Crippen LogP contribution is -2.49. The molecule has 5 nitrogen and oxygen atoms in total. The molecule has 0 unspecified atom stereocenters. The molecule has 1 amide bonds. The maximum Gasteiger partial charge on any atom is 0.228 e. The Morgan fingerprint density at radius 2 is 1.77 bits per heavy atom. The number of anilines is 2. The van der Waals surface area contributed by atoms with Crippen LogP contribution < -0.4 is 10.6 Å². The fourth-order valence-electron chi connectivity index (χ4n) is 2.66. The molecule has 114 valence electrons. The Morgan fingerprint density at radius 3 is 2.41 bits per heavy atom. The fraction of sp³-hybridized carbons (Fsp3) is 0.294. The van der Waals surface area contributed by atoms with Crippen molar-refractivity contribution in [1.82, 2.24) is 9.88 Å². The third kappa shape index (κ3) is 3.36. The molecule has 1 aliphatic rings. The minimum atomic E-state index is 0.130. The molecule has 0 atom stereocenters. The van der Waals surface area contributed by atoms with Gasteiger partial charge in [-0.3, -0.25) is 9.78 Å². The molecule has 0 aliphatic carbocycles. The van der Waals surface area contributed by atoms with Crippen LogP contribution in [0.15, 0.2) is 48.7 Å². The lowest BCUT2D eigenvalue weighted by Gasteiger charge is -2.36. The number of aromatic nitrogens is 1. The Balaban J connectivity index is 1.54. The van der Waals surface area contributed by atoms with Crippen molar-refractivity contribution >= 4 is 17.3 Å². The number of nitrogens with two attached hydrogens (primary N) is 1. The van der Waals surface area contributed by atoms with E-state index >= 15 is 0 Å². The van der Waals surface area contributed by atoms with Gasteiger partial charge >= 0.3 is 0 Å². The summed E-state index contributed by atoms with van der Waals surface area (Å²) >= 11 is 0. The van der Waals surface area contributed by atoms with Crippen LogP contribution in [0.4, 0.5) is 11.4 Å². The number of amides is 1. The average molecular weight is 296 g/mol. The van der Waals surface area contributed by atoms with Gasteiger partial charge in [-0.2, -0.15) is 0 Å². The summed E-state index contributed by atoms with van der Waals surface area (Å²) in [5, 5.41) is 0. The Morgan fingerprint density at radius 1 is 1.05 bits per heavy atom. The van der Waals surface area contributed by atoms with Crippen LogP contribution in [0.5, 0.6) is 0 Å². The van der Waals surface area contributed by atoms with Gasteiger partial charge in [0.25, 0.3) is 0 Å². The Bertz CT molecular complexity index is 619. The van der Waals surface area contributed by atoms with Crippen LogP contribution in [0.1, 0.15) is 5.69 Å². The Hall–Kier alpha value is -2.56. The molecule has 22 heavy (non-hydrogen) atoms. The highest BCUT2D eigenvalue weighted by atomic mass is 16.2. The monoisotopic (exact) mass is 296 g/mol. The molecule has 0 bridgehead atoms. The summed E-state index contributed by atoms with van der Waals surface area (Å²) in [6.45, 7) is 3.24. The second kappa shape index (κ2) is 6.47. The van der Waals surface area contributed by atoms with E-state index in [0.29, 0.717) is 12.1 Å². The molecule has 0 saturated carbocycles. The van der Waals surface area contributed by atoms with Crippen molar-refractivity contribution in [2.24, 2.45) is 0 Å². The predicted molar refractivity (Wildman–Crippen MR) is 87.6 cm³/mol. The van der Waals surface area contributed by atoms with Gasteiger partial charge in [0.1, 0.15) is 0 Å². The Kier molecular flexibility index (Phi) is 4.23. The van der Waals surface area contributed by atoms with E-state index in [2.05, 4.69) is 22.0 Å². The number of piperazine rings is 1. The van der Waals surface area contributed by atoms with Crippen molar-refractivity contribution in [1.29, 1.82) is 0 Å². The molecule has 0 spiro atoms. The SMILES string of the molecule is Nc1ccc(CC(=O)N2CCN(c3ccccc3)CC2)nc1. The molecular weight excluding hydrogens is 276 g/mol. The summed E-state index contributed by atoms with van der Waals surface area (Å²) < 4.78 is 0. The van der Waals surface area contributed by atoms with Crippen molar-refractivity contribution in [3.63, 3.8) is 0 Å². The van der Waals surface area contributed by atoms with Gasteiger partial charge in [-0.1, -0.05) is 18.2 Å². The molecule has 2 heterocycles. The van der Waals surface area contributed by atoms with Crippen LogP contribution >= 0.6 is 0 Å². The molecule has 3 rings (SSSR count). The number of benzene rings is 1. The second-order valence-electron chi connectivity index (χ2n) is 5.46. The zero-order valence-corrected chi connectivity index (χ0v) is 12.5. The van der Waals surface area contributed by atoms with Crippen molar-refractivity contribution in [3.8, 4) is 0 Å². The van der Waals surface area contributed by atoms with E-state index in [9.17, 15) is 4.79 Å². The zero-order chi connectivity index (χ0) is 15.4. The molecule has 1 fully saturated rings. The number of nitrogens with zero attached hydrogens (tertiary/aromatic N) is 3. The van der Waals surface area contributed by atoms with E-state index < -0.39 is 0 Å². The number of carbonyl (C=O) groups excluding carboxylic acids is 1. The van der Waals surface area contributed by atoms with E-state index in [1.165, 1.54) is 5.69 Å². The molecule has 1 aromatic heterocycles. The van der Waals surface area contributed by atoms with Gasteiger partial charge < -0.3 is 15.5 Å². The Labute approximate surface area is 130 Å². The average Bonchev–Trinajstić information content (AvgIpc) is 2.58. The molecular formula is C17H20N4O. The molecule has 1 saturated heterocycles. The summed E-state index contributed by atoms with van der Waals surface area (Å²) in [5.74, 6) is 0.130. The van der Waals surface area contributed by atoms with Gasteiger partial charge in [0, 0.05) is 37.6 Å². The molecule has 5 heteroatoms. The van der Waals surface area contributed by atoms with Crippen LogP contribution in [0.3, 0.4) is 0 Å². The van der Waals surface area contributed by atoms with Gasteiger partial charge in [-0.25, -0.2) is 0 Å². The predicted octanol–water partition coefficient (Wildman–Crippen LogP) is 1.56. The van der Waals surface area contributed by atoms with Crippen LogP contribution in [0, 0.1) is 0 Å². The third-order valence-electron chi connectivity index (χ3n) is 3.93. The number of hydrogen-bond acceptors (Lipinski definition) is 4. The number of rotatable bonds is 3. The normalized spacial score (nSPS) is 14.9. The summed E-state index contributed by atoms with van der Waals surface area (Å²) in [5.41, 5.74) is 8.21. The lowest BCUT2D eigenvalue weighted by molar-refractivity contribution is -0.130. The van der Waals surface area contributed by atoms with Gasteiger partial charge in [-0.05, 0) is 24.3 Å². The largest absolute Gasteiger partial charge is 0.397 e. The van der Waals surface area contributed by atoms with E-state index in [1.807, 2.05) is 29.2 Å². The van der Waals surface area contributed by atoms with Gasteiger partial charge in [0.05, 0.1) is 18.3 Å². The standard InChI is InChI=1S/C17H20N4O/c18-14-6-7-15(19-13-14)12-17(22)21-10-8-20(9-11-21)16-4-2-1-3-5-16/h1-7,13H,8-12,18H2. The minimum absolute atomic E-state index is 0.130. The van der Waals surface area contributed by atoms with Crippen LogP contribution in [-0.2, 0) is 11.2 Å². The molecule has 1 aliphatic heterocycles. The first-order chi connectivity index (χ1) is 10.7. The lowest BCUT2D eigenvalue weighted by atomic mass is 10.2. The zero-order valence-electron chi connectivity index (χ0n) is 12.5. The van der Waals surface area contributed by atoms with Crippen molar-refractivity contribution in [2.75, 3.05) is 36.8 Å². The summed E-state index contributed by atoms with van der Waals surface area (Å²) in [4.78, 5) is 20.7. The highest BCUT2D eigenvalue weighted by Gasteiger charge is 2.21. The maximum atomic E-state index is 12.3. The molecule has 1 aromatic carbocycles. The topological polar surface area (TPSA) is 62.5 Å². The summed E-state index contributed by atoms with van der Waals surface area (Å²) in [7, 11) is 0. The first-order valence-corrected chi connectivity index (χ1v) is 7.50. The van der Waals surface area contributed by atoms with E-state index in [-0.39, 0.29) is 5.91 Å². The van der Waals surface area contributed by atoms with Crippen LogP contribution in [-0.4, -0.2) is 42.0 Å². The van der Waals surface area contributed by atoms with Gasteiger partial charge in [-0.15, -0.1) is 0 Å². The van der Waals surface area contributed by atoms with E-state index in [1.54, 1.807) is 12.3 Å². The quantitative estimate of drug-likeness (QED) is 0.933. The highest BCUT2D eigenvalue weighted by Crippen LogP contribution is 2.16. The first-order valence-electron chi connectivity index (χ1n) is 7.50. The fourth-order valence-corrected chi connectivity index (χ4v) is 2.66. The van der Waals surface area contributed by atoms with Gasteiger partial charge in [0.15, 0.2) is 0 Å². The molecule has 2 N–H and O–H groups in total. The second-order valence-corrected chi connectivity index (χ2v) is 5.46. The molecule has 0 radical (unpaired) electrons. The minimum Gasteiger partial charge on any atom is -0.397 e. The van der Waals surface area contributed by atoms with Crippen LogP contribution in [0.25, 0.3) is 0 Å². The molecule has 2 aromatic rings. The first kappa shape index (κ1) is 14.4. The summed E-state index contributed by atoms with van der Waals surface area (Å²) in [6, 6.07) is 13.9. The van der Waals surface area contributed by atoms with Crippen molar-refractivity contribution < 1.29 is 4.79 Å². The number of hydrogen-bond donors (Lipinski definition) is 1. The van der Waals surface area contributed by atoms with Crippen molar-refractivity contribution in [3.05, 3.63) is 54.4 Å². The number of nitrogen functional groups attached to an aromatic ring is 1. The smallest absolute Gasteiger partial charge is 0.228 e. The number of pyridine rings is 1. The highest BCUT2D eigenvalue weighted by molar-refractivity contribution is 5.78. The van der Waals surface area contributed by atoms with E-state index in [0.717, 1.165) is 31.9 Å². The van der Waals surface area contributed by atoms with Crippen LogP contribution in [0.2, 0.25) is 0 Å². The maximum absolute atomic E-state index is 12.3. The number of carbonyl (C=O) groups is 1.